The van der Waals surface area contributed by atoms with E-state index in [4.69, 9.17) is 0 Å². The van der Waals surface area contributed by atoms with Gasteiger partial charge in [0.1, 0.15) is 12.2 Å². The Labute approximate surface area is 83.3 Å². The number of amides is 1. The van der Waals surface area contributed by atoms with E-state index in [1.165, 1.54) is 13.3 Å². The quantitative estimate of drug-likeness (QED) is 0.755. The van der Waals surface area contributed by atoms with Crippen molar-refractivity contribution in [3.05, 3.63) is 12.2 Å². The molecule has 0 fully saturated rings. The van der Waals surface area contributed by atoms with Crippen molar-refractivity contribution in [2.45, 2.75) is 33.2 Å². The lowest BCUT2D eigenvalue weighted by atomic mass is 10.0. The third kappa shape index (κ3) is 3.16. The summed E-state index contributed by atoms with van der Waals surface area (Å²) in [5, 5.41) is 9.38. The molecule has 0 aliphatic heterocycles. The number of carbonyl (C=O) groups excluding carboxylic acids is 1. The molecular weight excluding hydrogens is 180 g/mol. The molecule has 5 heteroatoms. The number of rotatable bonds is 4. The number of aromatic amines is 1. The van der Waals surface area contributed by atoms with Crippen molar-refractivity contribution < 1.29 is 4.79 Å². The average molecular weight is 196 g/mol. The van der Waals surface area contributed by atoms with Gasteiger partial charge >= 0.3 is 0 Å². The summed E-state index contributed by atoms with van der Waals surface area (Å²) < 4.78 is 0. The molecule has 0 radical (unpaired) electrons. The Morgan fingerprint density at radius 1 is 1.64 bits per heavy atom. The van der Waals surface area contributed by atoms with Crippen LogP contribution in [0.1, 0.15) is 39.1 Å². The van der Waals surface area contributed by atoms with Crippen molar-refractivity contribution in [2.75, 3.05) is 0 Å². The highest BCUT2D eigenvalue weighted by Gasteiger charge is 2.16. The maximum atomic E-state index is 11.0. The SMILES string of the molecule is CC(=O)NC(CC(C)C)c1ncn[nH]1. The molecule has 1 aromatic heterocycles. The molecule has 1 heterocycles. The molecule has 1 unspecified atom stereocenters. The highest BCUT2D eigenvalue weighted by atomic mass is 16.1. The van der Waals surface area contributed by atoms with Crippen molar-refractivity contribution in [1.29, 1.82) is 0 Å². The van der Waals surface area contributed by atoms with Crippen molar-refractivity contribution in [1.82, 2.24) is 20.5 Å². The van der Waals surface area contributed by atoms with E-state index in [2.05, 4.69) is 34.3 Å². The minimum Gasteiger partial charge on any atom is -0.346 e. The molecule has 0 spiro atoms. The number of carbonyl (C=O) groups is 1. The van der Waals surface area contributed by atoms with Gasteiger partial charge in [-0.3, -0.25) is 9.89 Å². The van der Waals surface area contributed by atoms with E-state index in [0.717, 1.165) is 6.42 Å². The topological polar surface area (TPSA) is 70.7 Å². The molecule has 14 heavy (non-hydrogen) atoms. The van der Waals surface area contributed by atoms with Crippen LogP contribution in [0.25, 0.3) is 0 Å². The van der Waals surface area contributed by atoms with Crippen LogP contribution in [0.4, 0.5) is 0 Å². The summed E-state index contributed by atoms with van der Waals surface area (Å²) in [5.74, 6) is 1.16. The normalized spacial score (nSPS) is 12.9. The van der Waals surface area contributed by atoms with Gasteiger partial charge in [-0.15, -0.1) is 0 Å². The molecule has 0 saturated carbocycles. The van der Waals surface area contributed by atoms with Crippen LogP contribution < -0.4 is 5.32 Å². The molecule has 0 bridgehead atoms. The fourth-order valence-electron chi connectivity index (χ4n) is 1.34. The average Bonchev–Trinajstić information content (AvgIpc) is 2.52. The smallest absolute Gasteiger partial charge is 0.217 e. The van der Waals surface area contributed by atoms with Crippen molar-refractivity contribution in [3.63, 3.8) is 0 Å². The number of aromatic nitrogens is 3. The molecule has 0 aromatic carbocycles. The predicted molar refractivity (Wildman–Crippen MR) is 52.4 cm³/mol. The molecule has 0 aliphatic rings. The van der Waals surface area contributed by atoms with Crippen LogP contribution in [-0.2, 0) is 4.79 Å². The number of hydrogen-bond donors (Lipinski definition) is 2. The zero-order chi connectivity index (χ0) is 10.6. The van der Waals surface area contributed by atoms with Gasteiger partial charge < -0.3 is 5.32 Å². The molecule has 1 atom stereocenters. The zero-order valence-corrected chi connectivity index (χ0v) is 8.74. The van der Waals surface area contributed by atoms with E-state index in [1.807, 2.05) is 0 Å². The molecule has 0 aliphatic carbocycles. The second kappa shape index (κ2) is 4.74. The van der Waals surface area contributed by atoms with Crippen LogP contribution in [0.2, 0.25) is 0 Å². The standard InChI is InChI=1S/C9H16N4O/c1-6(2)4-8(12-7(3)14)9-10-5-11-13-9/h5-6,8H,4H2,1-3H3,(H,12,14)(H,10,11,13). The maximum Gasteiger partial charge on any atom is 0.217 e. The van der Waals surface area contributed by atoms with Crippen LogP contribution >= 0.6 is 0 Å². The van der Waals surface area contributed by atoms with Crippen LogP contribution in [0, 0.1) is 5.92 Å². The molecule has 1 aromatic rings. The third-order valence-electron chi connectivity index (χ3n) is 1.85. The predicted octanol–water partition coefficient (Wildman–Crippen LogP) is 1.03. The van der Waals surface area contributed by atoms with Gasteiger partial charge in [-0.1, -0.05) is 13.8 Å². The van der Waals surface area contributed by atoms with E-state index >= 15 is 0 Å². The van der Waals surface area contributed by atoms with Gasteiger partial charge in [0, 0.05) is 6.92 Å². The Hall–Kier alpha value is -1.39. The Kier molecular flexibility index (Phi) is 3.62. The first-order chi connectivity index (χ1) is 6.59. The summed E-state index contributed by atoms with van der Waals surface area (Å²) in [6.45, 7) is 5.71. The van der Waals surface area contributed by atoms with Gasteiger partial charge in [-0.25, -0.2) is 4.98 Å². The number of H-pyrrole nitrogens is 1. The molecule has 1 rings (SSSR count). The number of hydrogen-bond acceptors (Lipinski definition) is 3. The molecule has 2 N–H and O–H groups in total. The van der Waals surface area contributed by atoms with Crippen LogP contribution in [0.3, 0.4) is 0 Å². The van der Waals surface area contributed by atoms with E-state index in [-0.39, 0.29) is 11.9 Å². The summed E-state index contributed by atoms with van der Waals surface area (Å²) in [4.78, 5) is 15.0. The van der Waals surface area contributed by atoms with E-state index in [0.29, 0.717) is 11.7 Å². The molecule has 0 saturated heterocycles. The molecule has 1 amide bonds. The van der Waals surface area contributed by atoms with E-state index < -0.39 is 0 Å². The van der Waals surface area contributed by atoms with Gasteiger partial charge in [-0.05, 0) is 12.3 Å². The third-order valence-corrected chi connectivity index (χ3v) is 1.85. The molecule has 78 valence electrons. The highest BCUT2D eigenvalue weighted by molar-refractivity contribution is 5.73. The summed E-state index contributed by atoms with van der Waals surface area (Å²) >= 11 is 0. The monoisotopic (exact) mass is 196 g/mol. The minimum absolute atomic E-state index is 0.0490. The maximum absolute atomic E-state index is 11.0. The second-order valence-electron chi connectivity index (χ2n) is 3.75. The Bertz CT molecular complexity index is 281. The summed E-state index contributed by atoms with van der Waals surface area (Å²) in [6.07, 6.45) is 2.30. The van der Waals surface area contributed by atoms with Crippen molar-refractivity contribution >= 4 is 5.91 Å². The van der Waals surface area contributed by atoms with Gasteiger partial charge in [0.15, 0.2) is 0 Å². The molecular formula is C9H16N4O. The lowest BCUT2D eigenvalue weighted by Crippen LogP contribution is -2.28. The van der Waals surface area contributed by atoms with Crippen LogP contribution in [0.5, 0.6) is 0 Å². The summed E-state index contributed by atoms with van der Waals surface area (Å²) in [7, 11) is 0. The van der Waals surface area contributed by atoms with Gasteiger partial charge in [-0.2, -0.15) is 5.10 Å². The Balaban J connectivity index is 2.67. The fraction of sp³-hybridized carbons (Fsp3) is 0.667. The van der Waals surface area contributed by atoms with Gasteiger partial charge in [0.25, 0.3) is 0 Å². The van der Waals surface area contributed by atoms with E-state index in [1.54, 1.807) is 0 Å². The second-order valence-corrected chi connectivity index (χ2v) is 3.75. The molecule has 5 nitrogen and oxygen atoms in total. The Morgan fingerprint density at radius 3 is 2.79 bits per heavy atom. The first-order valence-electron chi connectivity index (χ1n) is 4.72. The highest BCUT2D eigenvalue weighted by Crippen LogP contribution is 2.16. The summed E-state index contributed by atoms with van der Waals surface area (Å²) in [5.41, 5.74) is 0. The Morgan fingerprint density at radius 2 is 2.36 bits per heavy atom. The van der Waals surface area contributed by atoms with Gasteiger partial charge in [0.2, 0.25) is 5.91 Å². The number of nitrogens with zero attached hydrogens (tertiary/aromatic N) is 2. The fourth-order valence-corrected chi connectivity index (χ4v) is 1.34. The first kappa shape index (κ1) is 10.7. The van der Waals surface area contributed by atoms with Crippen LogP contribution in [-0.4, -0.2) is 21.1 Å². The summed E-state index contributed by atoms with van der Waals surface area (Å²) in [6, 6.07) is -0.0602. The minimum atomic E-state index is -0.0602. The van der Waals surface area contributed by atoms with E-state index in [9.17, 15) is 4.79 Å². The van der Waals surface area contributed by atoms with Crippen molar-refractivity contribution in [3.8, 4) is 0 Å². The largest absolute Gasteiger partial charge is 0.346 e. The number of nitrogens with one attached hydrogen (secondary N) is 2. The zero-order valence-electron chi connectivity index (χ0n) is 8.74. The lowest BCUT2D eigenvalue weighted by molar-refractivity contribution is -0.119. The first-order valence-corrected chi connectivity index (χ1v) is 4.72. The van der Waals surface area contributed by atoms with Gasteiger partial charge in [0.05, 0.1) is 6.04 Å². The van der Waals surface area contributed by atoms with Crippen LogP contribution in [0.15, 0.2) is 6.33 Å². The van der Waals surface area contributed by atoms with Crippen molar-refractivity contribution in [2.24, 2.45) is 5.92 Å². The lowest BCUT2D eigenvalue weighted by Gasteiger charge is -2.16.